The molecule has 1 unspecified atom stereocenters. The zero-order valence-corrected chi connectivity index (χ0v) is 14.1. The molecule has 3 rings (SSSR count). The van der Waals surface area contributed by atoms with Crippen molar-refractivity contribution in [3.8, 4) is 0 Å². The van der Waals surface area contributed by atoms with Gasteiger partial charge in [-0.05, 0) is 50.5 Å². The Bertz CT molecular complexity index is 590. The number of amides is 3. The van der Waals surface area contributed by atoms with E-state index in [0.717, 1.165) is 25.1 Å². The SMILES string of the molecule is CC1CCCCN1C(=O)CN1CCN(c2ccc(Cl)cc2)C1=O. The van der Waals surface area contributed by atoms with Crippen molar-refractivity contribution in [1.82, 2.24) is 9.80 Å². The number of carbonyl (C=O) groups excluding carboxylic acids is 2. The van der Waals surface area contributed by atoms with Gasteiger partial charge < -0.3 is 9.80 Å². The maximum absolute atomic E-state index is 12.5. The van der Waals surface area contributed by atoms with Crippen LogP contribution in [-0.4, -0.2) is 54.0 Å². The quantitative estimate of drug-likeness (QED) is 0.852. The molecule has 1 aromatic carbocycles. The number of halogens is 1. The zero-order valence-electron chi connectivity index (χ0n) is 13.4. The predicted octanol–water partition coefficient (Wildman–Crippen LogP) is 2.98. The van der Waals surface area contributed by atoms with Gasteiger partial charge in [-0.3, -0.25) is 9.69 Å². The van der Waals surface area contributed by atoms with Gasteiger partial charge in [0.05, 0.1) is 0 Å². The van der Waals surface area contributed by atoms with Gasteiger partial charge in [-0.1, -0.05) is 11.6 Å². The summed E-state index contributed by atoms with van der Waals surface area (Å²) < 4.78 is 0. The largest absolute Gasteiger partial charge is 0.338 e. The van der Waals surface area contributed by atoms with Crippen LogP contribution in [0.1, 0.15) is 26.2 Å². The first kappa shape index (κ1) is 16.1. The summed E-state index contributed by atoms with van der Waals surface area (Å²) in [7, 11) is 0. The maximum Gasteiger partial charge on any atom is 0.325 e. The van der Waals surface area contributed by atoms with E-state index in [-0.39, 0.29) is 24.5 Å². The normalized spacial score (nSPS) is 21.9. The minimum absolute atomic E-state index is 0.0588. The minimum Gasteiger partial charge on any atom is -0.338 e. The molecule has 1 aromatic rings. The number of piperidine rings is 1. The van der Waals surface area contributed by atoms with Crippen LogP contribution in [0.3, 0.4) is 0 Å². The van der Waals surface area contributed by atoms with E-state index in [1.807, 2.05) is 17.0 Å². The third-order valence-corrected chi connectivity index (χ3v) is 4.93. The molecular formula is C17H22ClN3O2. The summed E-state index contributed by atoms with van der Waals surface area (Å²) in [5.74, 6) is 0.0588. The van der Waals surface area contributed by atoms with E-state index >= 15 is 0 Å². The van der Waals surface area contributed by atoms with Gasteiger partial charge in [-0.15, -0.1) is 0 Å². The van der Waals surface area contributed by atoms with Crippen LogP contribution >= 0.6 is 11.6 Å². The molecule has 2 fully saturated rings. The van der Waals surface area contributed by atoms with E-state index < -0.39 is 0 Å². The molecule has 6 heteroatoms. The Labute approximate surface area is 141 Å². The second-order valence-corrected chi connectivity index (χ2v) is 6.70. The van der Waals surface area contributed by atoms with E-state index in [2.05, 4.69) is 6.92 Å². The molecule has 23 heavy (non-hydrogen) atoms. The van der Waals surface area contributed by atoms with Crippen LogP contribution in [0, 0.1) is 0 Å². The smallest absolute Gasteiger partial charge is 0.325 e. The highest BCUT2D eigenvalue weighted by Gasteiger charge is 2.33. The Morgan fingerprint density at radius 1 is 1.17 bits per heavy atom. The van der Waals surface area contributed by atoms with Crippen LogP contribution in [0.2, 0.25) is 5.02 Å². The van der Waals surface area contributed by atoms with Crippen molar-refractivity contribution in [2.45, 2.75) is 32.2 Å². The molecule has 2 aliphatic rings. The Morgan fingerprint density at radius 2 is 1.91 bits per heavy atom. The van der Waals surface area contributed by atoms with Crippen molar-refractivity contribution >= 4 is 29.2 Å². The first-order chi connectivity index (χ1) is 11.1. The summed E-state index contributed by atoms with van der Waals surface area (Å²) in [6.07, 6.45) is 3.29. The van der Waals surface area contributed by atoms with Crippen LogP contribution in [0.25, 0.3) is 0 Å². The van der Waals surface area contributed by atoms with Crippen molar-refractivity contribution in [3.63, 3.8) is 0 Å². The number of benzene rings is 1. The molecule has 0 aliphatic carbocycles. The molecule has 2 saturated heterocycles. The summed E-state index contributed by atoms with van der Waals surface area (Å²) in [6, 6.07) is 7.38. The molecule has 2 heterocycles. The number of likely N-dealkylation sites (tertiary alicyclic amines) is 1. The Kier molecular flexibility index (Phi) is 4.76. The van der Waals surface area contributed by atoms with E-state index in [9.17, 15) is 9.59 Å². The van der Waals surface area contributed by atoms with Crippen LogP contribution in [0.4, 0.5) is 10.5 Å². The molecule has 5 nitrogen and oxygen atoms in total. The molecule has 0 N–H and O–H groups in total. The van der Waals surface area contributed by atoms with Gasteiger partial charge >= 0.3 is 6.03 Å². The van der Waals surface area contributed by atoms with Crippen molar-refractivity contribution < 1.29 is 9.59 Å². The molecule has 2 aliphatic heterocycles. The summed E-state index contributed by atoms with van der Waals surface area (Å²) in [6.45, 7) is 4.25. The first-order valence-electron chi connectivity index (χ1n) is 8.18. The van der Waals surface area contributed by atoms with Gasteiger partial charge in [-0.25, -0.2) is 4.79 Å². The summed E-state index contributed by atoms with van der Waals surface area (Å²) in [4.78, 5) is 30.3. The van der Waals surface area contributed by atoms with Crippen molar-refractivity contribution in [2.75, 3.05) is 31.1 Å². The van der Waals surface area contributed by atoms with E-state index in [4.69, 9.17) is 11.6 Å². The van der Waals surface area contributed by atoms with Crippen LogP contribution < -0.4 is 4.90 Å². The van der Waals surface area contributed by atoms with Crippen molar-refractivity contribution in [3.05, 3.63) is 29.3 Å². The van der Waals surface area contributed by atoms with Gasteiger partial charge in [0.1, 0.15) is 6.54 Å². The average Bonchev–Trinajstić information content (AvgIpc) is 2.89. The second kappa shape index (κ2) is 6.79. The molecular weight excluding hydrogens is 314 g/mol. The molecule has 1 atom stereocenters. The molecule has 0 aromatic heterocycles. The fraction of sp³-hybridized carbons (Fsp3) is 0.529. The lowest BCUT2D eigenvalue weighted by molar-refractivity contribution is -0.134. The van der Waals surface area contributed by atoms with E-state index in [0.29, 0.717) is 18.1 Å². The molecule has 0 radical (unpaired) electrons. The number of rotatable bonds is 3. The number of hydrogen-bond donors (Lipinski definition) is 0. The fourth-order valence-corrected chi connectivity index (χ4v) is 3.44. The summed E-state index contributed by atoms with van der Waals surface area (Å²) in [5, 5.41) is 0.645. The fourth-order valence-electron chi connectivity index (χ4n) is 3.31. The number of urea groups is 1. The number of carbonyl (C=O) groups is 2. The molecule has 124 valence electrons. The van der Waals surface area contributed by atoms with Crippen LogP contribution in [-0.2, 0) is 4.79 Å². The Morgan fingerprint density at radius 3 is 2.61 bits per heavy atom. The molecule has 0 bridgehead atoms. The maximum atomic E-state index is 12.5. The highest BCUT2D eigenvalue weighted by molar-refractivity contribution is 6.30. The Balaban J connectivity index is 1.62. The van der Waals surface area contributed by atoms with Gasteiger partial charge in [0.2, 0.25) is 5.91 Å². The third kappa shape index (κ3) is 3.44. The first-order valence-corrected chi connectivity index (χ1v) is 8.55. The highest BCUT2D eigenvalue weighted by atomic mass is 35.5. The number of anilines is 1. The second-order valence-electron chi connectivity index (χ2n) is 6.26. The summed E-state index contributed by atoms with van der Waals surface area (Å²) in [5.41, 5.74) is 0.820. The predicted molar refractivity (Wildman–Crippen MR) is 90.8 cm³/mol. The van der Waals surface area contributed by atoms with Crippen molar-refractivity contribution in [2.24, 2.45) is 0 Å². The lowest BCUT2D eigenvalue weighted by Gasteiger charge is -2.34. The highest BCUT2D eigenvalue weighted by Crippen LogP contribution is 2.23. The van der Waals surface area contributed by atoms with E-state index in [1.165, 1.54) is 6.42 Å². The lowest BCUT2D eigenvalue weighted by atomic mass is 10.0. The van der Waals surface area contributed by atoms with Gasteiger partial charge in [0, 0.05) is 36.4 Å². The topological polar surface area (TPSA) is 43.9 Å². The van der Waals surface area contributed by atoms with E-state index in [1.54, 1.807) is 21.9 Å². The van der Waals surface area contributed by atoms with Crippen LogP contribution in [0.15, 0.2) is 24.3 Å². The standard InChI is InChI=1S/C17H22ClN3O2/c1-13-4-2-3-9-20(13)16(22)12-19-10-11-21(17(19)23)15-7-5-14(18)6-8-15/h5-8,13H,2-4,9-12H2,1H3. The number of hydrogen-bond acceptors (Lipinski definition) is 2. The third-order valence-electron chi connectivity index (χ3n) is 4.68. The Hall–Kier alpha value is -1.75. The lowest BCUT2D eigenvalue weighted by Crippen LogP contribution is -2.47. The number of nitrogens with zero attached hydrogens (tertiary/aromatic N) is 3. The molecule has 3 amide bonds. The van der Waals surface area contributed by atoms with Gasteiger partial charge in [0.25, 0.3) is 0 Å². The van der Waals surface area contributed by atoms with Crippen LogP contribution in [0.5, 0.6) is 0 Å². The summed E-state index contributed by atoms with van der Waals surface area (Å²) >= 11 is 5.89. The van der Waals surface area contributed by atoms with Gasteiger partial charge in [-0.2, -0.15) is 0 Å². The van der Waals surface area contributed by atoms with Gasteiger partial charge in [0.15, 0.2) is 0 Å². The zero-order chi connectivity index (χ0) is 16.4. The minimum atomic E-state index is -0.106. The molecule has 0 spiro atoms. The molecule has 0 saturated carbocycles. The monoisotopic (exact) mass is 335 g/mol. The average molecular weight is 336 g/mol. The van der Waals surface area contributed by atoms with Crippen molar-refractivity contribution in [1.29, 1.82) is 0 Å².